The molecule has 142 valence electrons. The van der Waals surface area contributed by atoms with Crippen LogP contribution in [0.15, 0.2) is 30.3 Å². The number of nitrogens with one attached hydrogen (secondary N) is 2. The van der Waals surface area contributed by atoms with Gasteiger partial charge in [-0.3, -0.25) is 14.7 Å². The number of rotatable bonds is 3. The number of β-amino-alcohol motifs (C(OH)–C–C–N with tert-alkyl or cyclic N) is 1. The summed E-state index contributed by atoms with van der Waals surface area (Å²) < 4.78 is 0. The van der Waals surface area contributed by atoms with Crippen molar-refractivity contribution in [1.82, 2.24) is 20.4 Å². The highest BCUT2D eigenvalue weighted by Gasteiger charge is 2.33. The zero-order valence-electron chi connectivity index (χ0n) is 15.1. The lowest BCUT2D eigenvalue weighted by molar-refractivity contribution is 0.0314. The van der Waals surface area contributed by atoms with E-state index in [1.807, 2.05) is 18.2 Å². The quantitative estimate of drug-likeness (QED) is 0.760. The van der Waals surface area contributed by atoms with Crippen molar-refractivity contribution in [1.29, 1.82) is 0 Å². The predicted molar refractivity (Wildman–Crippen MR) is 99.5 cm³/mol. The van der Waals surface area contributed by atoms with Crippen molar-refractivity contribution >= 4 is 11.8 Å². The molecule has 1 aliphatic carbocycles. The molecule has 2 aromatic rings. The number of benzene rings is 1. The lowest BCUT2D eigenvalue weighted by Crippen LogP contribution is -2.55. The van der Waals surface area contributed by atoms with Crippen LogP contribution in [-0.4, -0.2) is 57.3 Å². The molecule has 1 aliphatic heterocycles. The summed E-state index contributed by atoms with van der Waals surface area (Å²) in [5, 5.41) is 20.6. The summed E-state index contributed by atoms with van der Waals surface area (Å²) >= 11 is 0. The van der Waals surface area contributed by atoms with Gasteiger partial charge in [0.1, 0.15) is 0 Å². The van der Waals surface area contributed by atoms with Crippen LogP contribution in [0.3, 0.4) is 0 Å². The number of amides is 2. The Hall–Kier alpha value is -2.67. The number of aliphatic hydroxyl groups is 1. The topological polar surface area (TPSA) is 98.3 Å². The van der Waals surface area contributed by atoms with E-state index in [0.29, 0.717) is 24.2 Å². The molecule has 1 aromatic carbocycles. The predicted octanol–water partition coefficient (Wildman–Crippen LogP) is 1.29. The largest absolute Gasteiger partial charge is 0.389 e. The Labute approximate surface area is 157 Å². The first-order chi connectivity index (χ1) is 13.1. The van der Waals surface area contributed by atoms with Gasteiger partial charge in [0.25, 0.3) is 11.8 Å². The van der Waals surface area contributed by atoms with Crippen molar-refractivity contribution in [2.45, 2.75) is 44.2 Å². The fourth-order valence-corrected chi connectivity index (χ4v) is 3.95. The second-order valence-corrected chi connectivity index (χ2v) is 7.29. The molecule has 2 heterocycles. The second kappa shape index (κ2) is 7.52. The molecule has 27 heavy (non-hydrogen) atoms. The molecular formula is C20H24N4O3. The van der Waals surface area contributed by atoms with Gasteiger partial charge in [0.15, 0.2) is 5.69 Å². The highest BCUT2D eigenvalue weighted by atomic mass is 16.3. The fraction of sp³-hybridized carbons (Fsp3) is 0.450. The maximum Gasteiger partial charge on any atom is 0.272 e. The molecular weight excluding hydrogens is 344 g/mol. The molecule has 3 N–H and O–H groups in total. The number of carbonyl (C=O) groups is 2. The van der Waals surface area contributed by atoms with Crippen molar-refractivity contribution in [2.75, 3.05) is 13.1 Å². The Balaban J connectivity index is 1.38. The highest BCUT2D eigenvalue weighted by molar-refractivity contribution is 5.95. The van der Waals surface area contributed by atoms with E-state index in [2.05, 4.69) is 15.5 Å². The number of hydrogen-bond acceptors (Lipinski definition) is 4. The summed E-state index contributed by atoms with van der Waals surface area (Å²) in [5.41, 5.74) is 3.11. The van der Waals surface area contributed by atoms with Crippen LogP contribution in [0, 0.1) is 0 Å². The third-order valence-corrected chi connectivity index (χ3v) is 5.48. The first-order valence-corrected chi connectivity index (χ1v) is 9.53. The first-order valence-electron chi connectivity index (χ1n) is 9.53. The standard InChI is InChI=1S/C20H24N4O3/c25-17-12-24(20(27)13-6-2-1-3-7-13)11-10-16(17)21-19(26)18-14-8-4-5-9-15(14)22-23-18/h1-3,6-7,16-17,25H,4-5,8-12H2,(H,21,26)(H,22,23)/t16-,17-/m1/s1. The highest BCUT2D eigenvalue weighted by Crippen LogP contribution is 2.22. The van der Waals surface area contributed by atoms with Gasteiger partial charge in [-0.2, -0.15) is 5.10 Å². The minimum atomic E-state index is -0.801. The number of fused-ring (bicyclic) bond motifs is 1. The number of likely N-dealkylation sites (tertiary alicyclic amines) is 1. The Morgan fingerprint density at radius 3 is 2.74 bits per heavy atom. The minimum absolute atomic E-state index is 0.0965. The number of piperidine rings is 1. The lowest BCUT2D eigenvalue weighted by atomic mass is 9.95. The number of aryl methyl sites for hydroxylation is 1. The van der Waals surface area contributed by atoms with E-state index in [4.69, 9.17) is 0 Å². The third kappa shape index (κ3) is 3.60. The number of aliphatic hydroxyl groups excluding tert-OH is 1. The number of carbonyl (C=O) groups excluding carboxylic acids is 2. The normalized spacial score (nSPS) is 22.2. The molecule has 0 spiro atoms. The van der Waals surface area contributed by atoms with Crippen molar-refractivity contribution in [3.63, 3.8) is 0 Å². The zero-order chi connectivity index (χ0) is 18.8. The van der Waals surface area contributed by atoms with Crippen molar-refractivity contribution in [3.8, 4) is 0 Å². The average Bonchev–Trinajstić information content (AvgIpc) is 3.14. The van der Waals surface area contributed by atoms with E-state index in [9.17, 15) is 14.7 Å². The number of aromatic nitrogens is 2. The van der Waals surface area contributed by atoms with Crippen LogP contribution in [0.5, 0.6) is 0 Å². The third-order valence-electron chi connectivity index (χ3n) is 5.48. The van der Waals surface area contributed by atoms with E-state index in [0.717, 1.165) is 36.9 Å². The molecule has 1 saturated heterocycles. The summed E-state index contributed by atoms with van der Waals surface area (Å²) in [6, 6.07) is 8.66. The van der Waals surface area contributed by atoms with Crippen LogP contribution in [0.2, 0.25) is 0 Å². The second-order valence-electron chi connectivity index (χ2n) is 7.29. The smallest absolute Gasteiger partial charge is 0.272 e. The number of nitrogens with zero attached hydrogens (tertiary/aromatic N) is 2. The molecule has 0 bridgehead atoms. The maximum atomic E-state index is 12.6. The SMILES string of the molecule is O=C(N[C@@H]1CCN(C(=O)c2ccccc2)C[C@H]1O)c1n[nH]c2c1CCCC2. The molecule has 0 unspecified atom stereocenters. The molecule has 7 nitrogen and oxygen atoms in total. The molecule has 0 saturated carbocycles. The van der Waals surface area contributed by atoms with Crippen LogP contribution < -0.4 is 5.32 Å². The Kier molecular flexibility index (Phi) is 4.94. The average molecular weight is 368 g/mol. The van der Waals surface area contributed by atoms with Crippen LogP contribution in [0.4, 0.5) is 0 Å². The van der Waals surface area contributed by atoms with Gasteiger partial charge in [0, 0.05) is 29.9 Å². The van der Waals surface area contributed by atoms with Crippen molar-refractivity contribution in [3.05, 3.63) is 52.8 Å². The molecule has 0 radical (unpaired) electrons. The number of hydrogen-bond donors (Lipinski definition) is 3. The van der Waals surface area contributed by atoms with Gasteiger partial charge in [-0.25, -0.2) is 0 Å². The van der Waals surface area contributed by atoms with Crippen molar-refractivity contribution < 1.29 is 14.7 Å². The Morgan fingerprint density at radius 2 is 1.96 bits per heavy atom. The fourth-order valence-electron chi connectivity index (χ4n) is 3.95. The monoisotopic (exact) mass is 368 g/mol. The van der Waals surface area contributed by atoms with E-state index in [1.165, 1.54) is 0 Å². The molecule has 7 heteroatoms. The van der Waals surface area contributed by atoms with Crippen LogP contribution in [-0.2, 0) is 12.8 Å². The van der Waals surface area contributed by atoms with Gasteiger partial charge >= 0.3 is 0 Å². The summed E-state index contributed by atoms with van der Waals surface area (Å²) in [6.45, 7) is 0.700. The van der Waals surface area contributed by atoms with Crippen molar-refractivity contribution in [2.24, 2.45) is 0 Å². The zero-order valence-corrected chi connectivity index (χ0v) is 15.1. The summed E-state index contributed by atoms with van der Waals surface area (Å²) in [6.07, 6.45) is 3.68. The Bertz CT molecular complexity index is 833. The molecule has 1 aromatic heterocycles. The van der Waals surface area contributed by atoms with Gasteiger partial charge < -0.3 is 15.3 Å². The van der Waals surface area contributed by atoms with Gasteiger partial charge in [0.05, 0.1) is 12.1 Å². The molecule has 4 rings (SSSR count). The van der Waals surface area contributed by atoms with Crippen LogP contribution >= 0.6 is 0 Å². The van der Waals surface area contributed by atoms with Crippen LogP contribution in [0.1, 0.15) is 51.4 Å². The van der Waals surface area contributed by atoms with E-state index in [-0.39, 0.29) is 24.4 Å². The Morgan fingerprint density at radius 1 is 1.19 bits per heavy atom. The van der Waals surface area contributed by atoms with Gasteiger partial charge in [-0.15, -0.1) is 0 Å². The number of H-pyrrole nitrogens is 1. The first kappa shape index (κ1) is 17.7. The lowest BCUT2D eigenvalue weighted by Gasteiger charge is -2.36. The molecule has 2 aliphatic rings. The molecule has 2 amide bonds. The van der Waals surface area contributed by atoms with E-state index in [1.54, 1.807) is 17.0 Å². The van der Waals surface area contributed by atoms with Crippen LogP contribution in [0.25, 0.3) is 0 Å². The van der Waals surface area contributed by atoms with Gasteiger partial charge in [-0.1, -0.05) is 18.2 Å². The molecule has 1 fully saturated rings. The van der Waals surface area contributed by atoms with E-state index >= 15 is 0 Å². The number of aromatic amines is 1. The minimum Gasteiger partial charge on any atom is -0.389 e. The van der Waals surface area contributed by atoms with Gasteiger partial charge in [-0.05, 0) is 44.2 Å². The summed E-state index contributed by atoms with van der Waals surface area (Å²) in [5.74, 6) is -0.345. The van der Waals surface area contributed by atoms with Gasteiger partial charge in [0.2, 0.25) is 0 Å². The molecule has 2 atom stereocenters. The maximum absolute atomic E-state index is 12.6. The summed E-state index contributed by atoms with van der Waals surface area (Å²) in [7, 11) is 0. The summed E-state index contributed by atoms with van der Waals surface area (Å²) in [4.78, 5) is 26.8. The van der Waals surface area contributed by atoms with E-state index < -0.39 is 6.10 Å².